The van der Waals surface area contributed by atoms with E-state index in [-0.39, 0.29) is 6.42 Å². The molecular weight excluding hydrogens is 276 g/mol. The van der Waals surface area contributed by atoms with Crippen molar-refractivity contribution in [3.05, 3.63) is 17.0 Å². The van der Waals surface area contributed by atoms with Crippen LogP contribution in [0.1, 0.15) is 23.4 Å². The van der Waals surface area contributed by atoms with E-state index in [9.17, 15) is 14.4 Å². The molecule has 1 rings (SSSR count). The van der Waals surface area contributed by atoms with Gasteiger partial charge in [-0.15, -0.1) is 0 Å². The van der Waals surface area contributed by atoms with Gasteiger partial charge in [0.15, 0.2) is 0 Å². The van der Waals surface area contributed by atoms with Crippen LogP contribution in [0.25, 0.3) is 0 Å². The normalized spacial score (nSPS) is 10.4. The molecule has 0 bridgehead atoms. The van der Waals surface area contributed by atoms with Crippen LogP contribution in [-0.2, 0) is 27.9 Å². The van der Waals surface area contributed by atoms with E-state index in [1.165, 1.54) is 0 Å². The Labute approximate surface area is 122 Å². The van der Waals surface area contributed by atoms with Gasteiger partial charge in [-0.25, -0.2) is 0 Å². The first-order chi connectivity index (χ1) is 9.72. The lowest BCUT2D eigenvalue weighted by molar-refractivity contribution is -0.145. The quantitative estimate of drug-likeness (QED) is 0.694. The fraction of sp³-hybridized carbons (Fsp3) is 0.538. The summed E-state index contributed by atoms with van der Waals surface area (Å²) in [7, 11) is 1.82. The highest BCUT2D eigenvalue weighted by Gasteiger charge is 2.20. The van der Waals surface area contributed by atoms with Crippen LogP contribution in [-0.4, -0.2) is 50.7 Å². The number of nitrogens with two attached hydrogens (primary N) is 1. The van der Waals surface area contributed by atoms with Gasteiger partial charge in [-0.2, -0.15) is 5.10 Å². The number of carboxylic acid groups (broad SMARTS) is 1. The molecule has 1 aromatic heterocycles. The molecule has 0 fully saturated rings. The number of carboxylic acids is 1. The summed E-state index contributed by atoms with van der Waals surface area (Å²) in [4.78, 5) is 34.6. The summed E-state index contributed by atoms with van der Waals surface area (Å²) in [6, 6.07) is 0. The molecule has 8 nitrogen and oxygen atoms in total. The van der Waals surface area contributed by atoms with Crippen molar-refractivity contribution in [2.45, 2.75) is 26.7 Å². The summed E-state index contributed by atoms with van der Waals surface area (Å²) in [5, 5.41) is 13.0. The first-order valence-electron chi connectivity index (χ1n) is 6.49. The molecule has 1 aromatic rings. The third-order valence-corrected chi connectivity index (χ3v) is 3.27. The molecular formula is C13H20N4O4. The van der Waals surface area contributed by atoms with Crippen LogP contribution in [0.4, 0.5) is 0 Å². The molecule has 0 aliphatic heterocycles. The molecule has 21 heavy (non-hydrogen) atoms. The van der Waals surface area contributed by atoms with Crippen molar-refractivity contribution in [1.29, 1.82) is 0 Å². The lowest BCUT2D eigenvalue weighted by Gasteiger charge is -2.18. The summed E-state index contributed by atoms with van der Waals surface area (Å²) in [5.41, 5.74) is 7.78. The fourth-order valence-electron chi connectivity index (χ4n) is 2.15. The molecule has 0 spiro atoms. The van der Waals surface area contributed by atoms with Crippen LogP contribution < -0.4 is 5.73 Å². The van der Waals surface area contributed by atoms with Gasteiger partial charge in [0.2, 0.25) is 11.8 Å². The monoisotopic (exact) mass is 296 g/mol. The van der Waals surface area contributed by atoms with Gasteiger partial charge in [0.1, 0.15) is 6.54 Å². The van der Waals surface area contributed by atoms with Crippen LogP contribution in [0.3, 0.4) is 0 Å². The van der Waals surface area contributed by atoms with Crippen molar-refractivity contribution < 1.29 is 19.5 Å². The predicted octanol–water partition coefficient (Wildman–Crippen LogP) is -0.632. The summed E-state index contributed by atoms with van der Waals surface area (Å²) >= 11 is 0. The lowest BCUT2D eigenvalue weighted by atomic mass is 10.1. The molecule has 0 aromatic carbocycles. The van der Waals surface area contributed by atoms with E-state index in [0.717, 1.165) is 21.9 Å². The van der Waals surface area contributed by atoms with Crippen LogP contribution in [0.5, 0.6) is 0 Å². The largest absolute Gasteiger partial charge is 0.480 e. The minimum atomic E-state index is -1.18. The highest BCUT2D eigenvalue weighted by Crippen LogP contribution is 2.14. The predicted molar refractivity (Wildman–Crippen MR) is 74.4 cm³/mol. The van der Waals surface area contributed by atoms with Gasteiger partial charge in [-0.1, -0.05) is 0 Å². The van der Waals surface area contributed by atoms with Crippen LogP contribution in [0.2, 0.25) is 0 Å². The van der Waals surface area contributed by atoms with Gasteiger partial charge < -0.3 is 15.7 Å². The van der Waals surface area contributed by atoms with E-state index >= 15 is 0 Å². The van der Waals surface area contributed by atoms with Crippen LogP contribution >= 0.6 is 0 Å². The number of primary amides is 1. The Morgan fingerprint density at radius 2 is 1.90 bits per heavy atom. The number of aromatic nitrogens is 2. The summed E-state index contributed by atoms with van der Waals surface area (Å²) in [6.07, 6.45) is 0.549. The maximum atomic E-state index is 12.0. The average molecular weight is 296 g/mol. The van der Waals surface area contributed by atoms with Crippen molar-refractivity contribution in [2.75, 3.05) is 13.1 Å². The molecule has 0 saturated heterocycles. The first-order valence-corrected chi connectivity index (χ1v) is 6.49. The van der Waals surface area contributed by atoms with Gasteiger partial charge in [0, 0.05) is 19.2 Å². The van der Waals surface area contributed by atoms with E-state index in [4.69, 9.17) is 10.8 Å². The second-order valence-corrected chi connectivity index (χ2v) is 4.88. The molecule has 2 amide bonds. The van der Waals surface area contributed by atoms with Crippen molar-refractivity contribution in [2.24, 2.45) is 12.8 Å². The minimum absolute atomic E-state index is 0.105. The summed E-state index contributed by atoms with van der Waals surface area (Å²) in [6.45, 7) is 2.83. The Morgan fingerprint density at radius 1 is 1.29 bits per heavy atom. The molecule has 3 N–H and O–H groups in total. The highest BCUT2D eigenvalue weighted by molar-refractivity contribution is 5.86. The smallest absolute Gasteiger partial charge is 0.323 e. The second kappa shape index (κ2) is 6.87. The van der Waals surface area contributed by atoms with Crippen molar-refractivity contribution in [3.63, 3.8) is 0 Å². The molecule has 0 aliphatic rings. The number of rotatable bonds is 7. The van der Waals surface area contributed by atoms with Crippen molar-refractivity contribution >= 4 is 17.8 Å². The maximum absolute atomic E-state index is 12.0. The topological polar surface area (TPSA) is 119 Å². The highest BCUT2D eigenvalue weighted by atomic mass is 16.4. The number of carbonyl (C=O) groups is 3. The fourth-order valence-corrected chi connectivity index (χ4v) is 2.15. The maximum Gasteiger partial charge on any atom is 0.323 e. The van der Waals surface area contributed by atoms with Crippen LogP contribution in [0.15, 0.2) is 0 Å². The van der Waals surface area contributed by atoms with Crippen LogP contribution in [0, 0.1) is 13.8 Å². The molecule has 116 valence electrons. The Bertz CT molecular complexity index is 549. The minimum Gasteiger partial charge on any atom is -0.480 e. The molecule has 0 saturated carbocycles. The Balaban J connectivity index is 2.73. The number of aliphatic carboxylic acids is 1. The van der Waals surface area contributed by atoms with Gasteiger partial charge in [0.25, 0.3) is 0 Å². The number of carbonyl (C=O) groups excluding carboxylic acids is 2. The van der Waals surface area contributed by atoms with E-state index in [2.05, 4.69) is 5.10 Å². The lowest BCUT2D eigenvalue weighted by Crippen LogP contribution is -2.41. The van der Waals surface area contributed by atoms with Gasteiger partial charge in [-0.3, -0.25) is 19.1 Å². The molecule has 8 heteroatoms. The Hall–Kier alpha value is -2.38. The van der Waals surface area contributed by atoms with E-state index in [0.29, 0.717) is 6.42 Å². The zero-order chi connectivity index (χ0) is 16.2. The van der Waals surface area contributed by atoms with Crippen molar-refractivity contribution in [3.8, 4) is 0 Å². The standard InChI is InChI=1S/C13H20N4O4/c1-8-10(9(2)16(3)15-8)4-5-12(19)17(6-11(14)18)7-13(20)21/h4-7H2,1-3H3,(H2,14,18)(H,20,21). The Morgan fingerprint density at radius 3 is 2.33 bits per heavy atom. The number of nitrogens with zero attached hydrogens (tertiary/aromatic N) is 3. The van der Waals surface area contributed by atoms with E-state index < -0.39 is 30.9 Å². The SMILES string of the molecule is Cc1nn(C)c(C)c1CCC(=O)N(CC(N)=O)CC(=O)O. The number of amides is 2. The summed E-state index contributed by atoms with van der Waals surface area (Å²) in [5.74, 6) is -2.34. The summed E-state index contributed by atoms with van der Waals surface area (Å²) < 4.78 is 1.73. The zero-order valence-electron chi connectivity index (χ0n) is 12.4. The average Bonchev–Trinajstić information content (AvgIpc) is 2.59. The third kappa shape index (κ3) is 4.59. The molecule has 0 unspecified atom stereocenters. The number of hydrogen-bond acceptors (Lipinski definition) is 4. The van der Waals surface area contributed by atoms with Gasteiger partial charge in [-0.05, 0) is 25.8 Å². The van der Waals surface area contributed by atoms with E-state index in [1.807, 2.05) is 20.9 Å². The van der Waals surface area contributed by atoms with E-state index in [1.54, 1.807) is 4.68 Å². The Kier molecular flexibility index (Phi) is 5.45. The molecule has 0 radical (unpaired) electrons. The number of hydrogen-bond donors (Lipinski definition) is 2. The third-order valence-electron chi connectivity index (χ3n) is 3.27. The molecule has 0 aliphatic carbocycles. The van der Waals surface area contributed by atoms with Gasteiger partial charge in [0.05, 0.1) is 12.2 Å². The van der Waals surface area contributed by atoms with Crippen molar-refractivity contribution in [1.82, 2.24) is 14.7 Å². The first kappa shape index (κ1) is 16.7. The van der Waals surface area contributed by atoms with Gasteiger partial charge >= 0.3 is 5.97 Å². The second-order valence-electron chi connectivity index (χ2n) is 4.88. The molecule has 0 atom stereocenters. The zero-order valence-corrected chi connectivity index (χ0v) is 12.4. The molecule has 1 heterocycles. The number of aryl methyl sites for hydroxylation is 2.